The molecule has 1 heterocycles. The maximum absolute atomic E-state index is 11.8. The normalized spacial score (nSPS) is 11.0. The van der Waals surface area contributed by atoms with Crippen LogP contribution in [0.3, 0.4) is 0 Å². The number of carbonyl (C=O) groups is 1. The molecule has 0 spiro atoms. The van der Waals surface area contributed by atoms with Gasteiger partial charge in [0.2, 0.25) is 5.88 Å². The number of hydrogen-bond acceptors (Lipinski definition) is 3. The van der Waals surface area contributed by atoms with Crippen LogP contribution in [0.15, 0.2) is 18.3 Å². The molecule has 0 unspecified atom stereocenters. The molecule has 1 rings (SSSR count). The van der Waals surface area contributed by atoms with Gasteiger partial charge in [0.25, 0.3) is 0 Å². The lowest BCUT2D eigenvalue weighted by Gasteiger charge is -2.08. The van der Waals surface area contributed by atoms with Crippen molar-refractivity contribution in [3.8, 4) is 5.88 Å². The second kappa shape index (κ2) is 4.82. The lowest BCUT2D eigenvalue weighted by atomic mass is 10.2. The molecule has 1 aromatic heterocycles. The molecule has 0 aromatic carbocycles. The maximum atomic E-state index is 11.8. The van der Waals surface area contributed by atoms with E-state index in [9.17, 15) is 18.0 Å². The van der Waals surface area contributed by atoms with Crippen molar-refractivity contribution in [3.05, 3.63) is 23.9 Å². The van der Waals surface area contributed by atoms with Gasteiger partial charge in [0, 0.05) is 18.8 Å². The maximum Gasteiger partial charge on any atom is 0.471 e. The number of methoxy groups -OCH3 is 1. The molecule has 0 saturated carbocycles. The van der Waals surface area contributed by atoms with E-state index < -0.39 is 12.1 Å². The highest BCUT2D eigenvalue weighted by Crippen LogP contribution is 2.15. The van der Waals surface area contributed by atoms with Gasteiger partial charge in [-0.3, -0.25) is 4.79 Å². The van der Waals surface area contributed by atoms with E-state index in [1.165, 1.54) is 25.4 Å². The van der Waals surface area contributed by atoms with Crippen LogP contribution in [0.2, 0.25) is 0 Å². The van der Waals surface area contributed by atoms with Crippen LogP contribution in [0.25, 0.3) is 0 Å². The summed E-state index contributed by atoms with van der Waals surface area (Å²) in [6.45, 7) is -0.225. The van der Waals surface area contributed by atoms with Gasteiger partial charge < -0.3 is 10.1 Å². The molecule has 1 N–H and O–H groups in total. The first-order chi connectivity index (χ1) is 7.43. The zero-order chi connectivity index (χ0) is 12.2. The molecule has 7 heteroatoms. The average molecular weight is 234 g/mol. The topological polar surface area (TPSA) is 51.2 Å². The van der Waals surface area contributed by atoms with Crippen LogP contribution in [0.4, 0.5) is 13.2 Å². The van der Waals surface area contributed by atoms with Crippen molar-refractivity contribution in [1.29, 1.82) is 0 Å². The molecule has 1 amide bonds. The average Bonchev–Trinajstić information content (AvgIpc) is 2.25. The number of halogens is 3. The Morgan fingerprint density at radius 1 is 1.56 bits per heavy atom. The third-order valence-corrected chi connectivity index (χ3v) is 1.72. The summed E-state index contributed by atoms with van der Waals surface area (Å²) in [4.78, 5) is 14.3. The number of carbonyl (C=O) groups excluding carboxylic acids is 1. The van der Waals surface area contributed by atoms with Gasteiger partial charge in [-0.2, -0.15) is 13.2 Å². The minimum Gasteiger partial charge on any atom is -0.481 e. The van der Waals surface area contributed by atoms with Gasteiger partial charge in [-0.1, -0.05) is 0 Å². The number of nitrogens with zero attached hydrogens (tertiary/aromatic N) is 1. The largest absolute Gasteiger partial charge is 0.481 e. The van der Waals surface area contributed by atoms with Crippen LogP contribution in [0.1, 0.15) is 5.56 Å². The summed E-state index contributed by atoms with van der Waals surface area (Å²) < 4.78 is 40.3. The Hall–Kier alpha value is -1.79. The van der Waals surface area contributed by atoms with E-state index in [4.69, 9.17) is 4.74 Å². The van der Waals surface area contributed by atoms with Crippen LogP contribution in [0.5, 0.6) is 5.88 Å². The van der Waals surface area contributed by atoms with Crippen molar-refractivity contribution in [2.24, 2.45) is 0 Å². The summed E-state index contributed by atoms with van der Waals surface area (Å²) in [6.07, 6.45) is -3.48. The highest BCUT2D eigenvalue weighted by molar-refractivity contribution is 5.81. The van der Waals surface area contributed by atoms with Gasteiger partial charge in [-0.25, -0.2) is 4.98 Å². The van der Waals surface area contributed by atoms with E-state index in [1.54, 1.807) is 5.32 Å². The molecule has 0 radical (unpaired) electrons. The molecule has 0 aliphatic heterocycles. The summed E-state index contributed by atoms with van der Waals surface area (Å²) in [5, 5.41) is 1.74. The summed E-state index contributed by atoms with van der Waals surface area (Å²) in [5.74, 6) is -1.69. The van der Waals surface area contributed by atoms with Gasteiger partial charge in [0.15, 0.2) is 0 Å². The Balaban J connectivity index is 2.58. The van der Waals surface area contributed by atoms with Gasteiger partial charge >= 0.3 is 12.1 Å². The molecular formula is C9H9F3N2O2. The third kappa shape index (κ3) is 3.41. The number of nitrogens with one attached hydrogen (secondary N) is 1. The fraction of sp³-hybridized carbons (Fsp3) is 0.333. The minimum atomic E-state index is -4.86. The fourth-order valence-corrected chi connectivity index (χ4v) is 0.955. The monoisotopic (exact) mass is 234 g/mol. The Morgan fingerprint density at radius 3 is 2.81 bits per heavy atom. The molecule has 0 aliphatic carbocycles. The quantitative estimate of drug-likeness (QED) is 0.856. The lowest BCUT2D eigenvalue weighted by Crippen LogP contribution is -2.36. The van der Waals surface area contributed by atoms with Crippen molar-refractivity contribution in [2.75, 3.05) is 7.11 Å². The van der Waals surface area contributed by atoms with E-state index >= 15 is 0 Å². The van der Waals surface area contributed by atoms with Crippen molar-refractivity contribution in [3.63, 3.8) is 0 Å². The second-order valence-corrected chi connectivity index (χ2v) is 2.89. The number of pyridine rings is 1. The number of ether oxygens (including phenoxy) is 1. The zero-order valence-corrected chi connectivity index (χ0v) is 8.34. The molecule has 0 atom stereocenters. The first kappa shape index (κ1) is 12.3. The first-order valence-corrected chi connectivity index (χ1v) is 4.27. The smallest absolute Gasteiger partial charge is 0.471 e. The number of hydrogen-bond donors (Lipinski definition) is 1. The number of rotatable bonds is 3. The summed E-state index contributed by atoms with van der Waals surface area (Å²) in [6, 6.07) is 2.93. The SMILES string of the molecule is COc1cc(CNC(=O)C(F)(F)F)ccn1. The fourth-order valence-electron chi connectivity index (χ4n) is 0.955. The molecule has 88 valence electrons. The molecule has 4 nitrogen and oxygen atoms in total. The lowest BCUT2D eigenvalue weighted by molar-refractivity contribution is -0.173. The second-order valence-electron chi connectivity index (χ2n) is 2.89. The van der Waals surface area contributed by atoms with Crippen molar-refractivity contribution < 1.29 is 22.7 Å². The molecular weight excluding hydrogens is 225 g/mol. The Bertz CT molecular complexity index is 379. The van der Waals surface area contributed by atoms with Crippen LogP contribution >= 0.6 is 0 Å². The van der Waals surface area contributed by atoms with E-state index in [2.05, 4.69) is 4.98 Å². The zero-order valence-electron chi connectivity index (χ0n) is 8.34. The molecule has 0 fully saturated rings. The number of alkyl halides is 3. The van der Waals surface area contributed by atoms with Gasteiger partial charge in [-0.15, -0.1) is 0 Å². The first-order valence-electron chi connectivity index (χ1n) is 4.27. The van der Waals surface area contributed by atoms with Crippen LogP contribution < -0.4 is 10.1 Å². The van der Waals surface area contributed by atoms with Crippen molar-refractivity contribution >= 4 is 5.91 Å². The molecule has 0 saturated heterocycles. The van der Waals surface area contributed by atoms with Crippen LogP contribution in [-0.2, 0) is 11.3 Å². The van der Waals surface area contributed by atoms with Crippen LogP contribution in [-0.4, -0.2) is 24.2 Å². The predicted octanol–water partition coefficient (Wildman–Crippen LogP) is 1.27. The van der Waals surface area contributed by atoms with Gasteiger partial charge in [0.05, 0.1) is 7.11 Å². The molecule has 0 aliphatic rings. The molecule has 1 aromatic rings. The predicted molar refractivity (Wildman–Crippen MR) is 48.7 cm³/mol. The van der Waals surface area contributed by atoms with E-state index in [0.29, 0.717) is 5.56 Å². The van der Waals surface area contributed by atoms with Gasteiger partial charge in [0.1, 0.15) is 0 Å². The Kier molecular flexibility index (Phi) is 3.70. The molecule has 0 bridgehead atoms. The van der Waals surface area contributed by atoms with Crippen molar-refractivity contribution in [2.45, 2.75) is 12.7 Å². The summed E-state index contributed by atoms with van der Waals surface area (Å²) in [7, 11) is 1.39. The summed E-state index contributed by atoms with van der Waals surface area (Å²) in [5.41, 5.74) is 0.476. The Morgan fingerprint density at radius 2 is 2.25 bits per heavy atom. The minimum absolute atomic E-state index is 0.225. The third-order valence-electron chi connectivity index (χ3n) is 1.72. The van der Waals surface area contributed by atoms with Gasteiger partial charge in [-0.05, 0) is 11.6 Å². The molecule has 16 heavy (non-hydrogen) atoms. The number of aromatic nitrogens is 1. The standard InChI is InChI=1S/C9H9F3N2O2/c1-16-7-4-6(2-3-13-7)5-14-8(15)9(10,11)12/h2-4H,5H2,1H3,(H,14,15). The highest BCUT2D eigenvalue weighted by atomic mass is 19.4. The van der Waals surface area contributed by atoms with E-state index in [-0.39, 0.29) is 12.4 Å². The van der Waals surface area contributed by atoms with Crippen molar-refractivity contribution in [1.82, 2.24) is 10.3 Å². The van der Waals surface area contributed by atoms with Crippen LogP contribution in [0, 0.1) is 0 Å². The van der Waals surface area contributed by atoms with E-state index in [1.807, 2.05) is 0 Å². The highest BCUT2D eigenvalue weighted by Gasteiger charge is 2.38. The Labute approximate surface area is 89.4 Å². The summed E-state index contributed by atoms with van der Waals surface area (Å²) >= 11 is 0. The number of amides is 1. The van der Waals surface area contributed by atoms with E-state index in [0.717, 1.165) is 0 Å².